The Labute approximate surface area is 149 Å². The average molecular weight is 382 g/mol. The Morgan fingerprint density at radius 1 is 1.00 bits per heavy atom. The Bertz CT molecular complexity index is 835. The number of anilines is 3. The van der Waals surface area contributed by atoms with E-state index in [0.29, 0.717) is 5.56 Å². The molecule has 1 heterocycles. The van der Waals surface area contributed by atoms with Gasteiger partial charge in [-0.1, -0.05) is 34.1 Å². The van der Waals surface area contributed by atoms with Gasteiger partial charge in [0.15, 0.2) is 0 Å². The first-order chi connectivity index (χ1) is 11.6. The van der Waals surface area contributed by atoms with Gasteiger partial charge >= 0.3 is 0 Å². The lowest BCUT2D eigenvalue weighted by atomic mass is 10.2. The lowest BCUT2D eigenvalue weighted by Gasteiger charge is -2.17. The van der Waals surface area contributed by atoms with E-state index in [1.807, 2.05) is 54.6 Å². The molecule has 0 atom stereocenters. The van der Waals surface area contributed by atoms with Crippen molar-refractivity contribution in [1.29, 1.82) is 0 Å². The third-order valence-corrected chi connectivity index (χ3v) is 4.09. The molecule has 24 heavy (non-hydrogen) atoms. The summed E-state index contributed by atoms with van der Waals surface area (Å²) < 4.78 is 1.01. The van der Waals surface area contributed by atoms with Crippen LogP contribution in [-0.2, 0) is 0 Å². The first-order valence-electron chi connectivity index (χ1n) is 7.44. The number of halogens is 1. The van der Waals surface area contributed by atoms with Gasteiger partial charge in [0.1, 0.15) is 0 Å². The smallest absolute Gasteiger partial charge is 0.259 e. The fourth-order valence-electron chi connectivity index (χ4n) is 2.29. The van der Waals surface area contributed by atoms with E-state index in [1.54, 1.807) is 30.4 Å². The number of aromatic nitrogens is 1. The topological polar surface area (TPSA) is 45.2 Å². The van der Waals surface area contributed by atoms with Crippen LogP contribution in [0.15, 0.2) is 77.5 Å². The highest BCUT2D eigenvalue weighted by atomic mass is 79.9. The number of nitrogens with zero attached hydrogens (tertiary/aromatic N) is 2. The Morgan fingerprint density at radius 3 is 2.42 bits per heavy atom. The van der Waals surface area contributed by atoms with E-state index >= 15 is 0 Å². The second kappa shape index (κ2) is 7.27. The van der Waals surface area contributed by atoms with Gasteiger partial charge in [-0.2, -0.15) is 0 Å². The van der Waals surface area contributed by atoms with Gasteiger partial charge in [0.25, 0.3) is 5.91 Å². The molecule has 0 aliphatic carbocycles. The van der Waals surface area contributed by atoms with Crippen molar-refractivity contribution in [2.75, 3.05) is 17.3 Å². The SMILES string of the molecule is CN(C(=O)c1cncc(Nc2ccc(Br)cc2)c1)c1ccccc1. The molecule has 5 heteroatoms. The van der Waals surface area contributed by atoms with Crippen LogP contribution in [0.1, 0.15) is 10.4 Å². The van der Waals surface area contributed by atoms with Crippen LogP contribution in [0, 0.1) is 0 Å². The van der Waals surface area contributed by atoms with Crippen LogP contribution in [0.2, 0.25) is 0 Å². The Morgan fingerprint density at radius 2 is 1.71 bits per heavy atom. The Hall–Kier alpha value is -2.66. The molecule has 0 aliphatic heterocycles. The second-order valence-corrected chi connectivity index (χ2v) is 6.21. The van der Waals surface area contributed by atoms with Crippen LogP contribution in [0.3, 0.4) is 0 Å². The lowest BCUT2D eigenvalue weighted by molar-refractivity contribution is 0.0992. The molecule has 0 spiro atoms. The van der Waals surface area contributed by atoms with Crippen molar-refractivity contribution in [2.45, 2.75) is 0 Å². The van der Waals surface area contributed by atoms with E-state index in [2.05, 4.69) is 26.2 Å². The monoisotopic (exact) mass is 381 g/mol. The van der Waals surface area contributed by atoms with Crippen LogP contribution < -0.4 is 10.2 Å². The van der Waals surface area contributed by atoms with Gasteiger partial charge in [-0.05, 0) is 42.5 Å². The van der Waals surface area contributed by atoms with Crippen LogP contribution >= 0.6 is 15.9 Å². The quantitative estimate of drug-likeness (QED) is 0.701. The fourth-order valence-corrected chi connectivity index (χ4v) is 2.55. The number of amides is 1. The van der Waals surface area contributed by atoms with E-state index < -0.39 is 0 Å². The van der Waals surface area contributed by atoms with Crippen molar-refractivity contribution in [1.82, 2.24) is 4.98 Å². The highest BCUT2D eigenvalue weighted by Crippen LogP contribution is 2.21. The molecule has 120 valence electrons. The minimum Gasteiger partial charge on any atom is -0.354 e. The molecule has 0 fully saturated rings. The van der Waals surface area contributed by atoms with Crippen molar-refractivity contribution in [2.24, 2.45) is 0 Å². The number of benzene rings is 2. The number of nitrogens with one attached hydrogen (secondary N) is 1. The van der Waals surface area contributed by atoms with Crippen LogP contribution in [-0.4, -0.2) is 17.9 Å². The predicted octanol–water partition coefficient (Wildman–Crippen LogP) is 4.86. The molecule has 3 aromatic rings. The maximum absolute atomic E-state index is 12.6. The van der Waals surface area contributed by atoms with Crippen molar-refractivity contribution in [3.8, 4) is 0 Å². The van der Waals surface area contributed by atoms with Gasteiger partial charge in [0, 0.05) is 29.1 Å². The van der Waals surface area contributed by atoms with E-state index in [0.717, 1.165) is 21.5 Å². The summed E-state index contributed by atoms with van der Waals surface area (Å²) in [6.07, 6.45) is 3.27. The number of hydrogen-bond donors (Lipinski definition) is 1. The molecule has 4 nitrogen and oxygen atoms in total. The Balaban J connectivity index is 1.79. The number of pyridine rings is 1. The lowest BCUT2D eigenvalue weighted by Crippen LogP contribution is -2.26. The molecular formula is C19H16BrN3O. The van der Waals surface area contributed by atoms with Gasteiger partial charge in [-0.15, -0.1) is 0 Å². The van der Waals surface area contributed by atoms with Gasteiger partial charge in [0.2, 0.25) is 0 Å². The zero-order chi connectivity index (χ0) is 16.9. The normalized spacial score (nSPS) is 10.2. The highest BCUT2D eigenvalue weighted by Gasteiger charge is 2.14. The zero-order valence-electron chi connectivity index (χ0n) is 13.1. The second-order valence-electron chi connectivity index (χ2n) is 5.29. The van der Waals surface area contributed by atoms with Crippen molar-refractivity contribution in [3.05, 3.63) is 83.1 Å². The van der Waals surface area contributed by atoms with E-state index in [4.69, 9.17) is 0 Å². The summed E-state index contributed by atoms with van der Waals surface area (Å²) in [5.74, 6) is -0.104. The summed E-state index contributed by atoms with van der Waals surface area (Å²) in [6, 6.07) is 19.1. The fraction of sp³-hybridized carbons (Fsp3) is 0.0526. The number of carbonyl (C=O) groups excluding carboxylic acids is 1. The van der Waals surface area contributed by atoms with Crippen molar-refractivity contribution in [3.63, 3.8) is 0 Å². The van der Waals surface area contributed by atoms with Gasteiger partial charge in [0.05, 0.1) is 17.4 Å². The molecule has 2 aromatic carbocycles. The van der Waals surface area contributed by atoms with Crippen LogP contribution in [0.4, 0.5) is 17.1 Å². The molecule has 0 bridgehead atoms. The molecule has 1 aromatic heterocycles. The van der Waals surface area contributed by atoms with E-state index in [-0.39, 0.29) is 5.91 Å². The minimum atomic E-state index is -0.104. The summed E-state index contributed by atoms with van der Waals surface area (Å²) in [6.45, 7) is 0. The maximum Gasteiger partial charge on any atom is 0.259 e. The molecule has 1 amide bonds. The summed E-state index contributed by atoms with van der Waals surface area (Å²) >= 11 is 3.41. The third-order valence-electron chi connectivity index (χ3n) is 3.57. The molecule has 3 rings (SSSR count). The van der Waals surface area contributed by atoms with Gasteiger partial charge in [-0.25, -0.2) is 0 Å². The van der Waals surface area contributed by atoms with Gasteiger partial charge < -0.3 is 10.2 Å². The molecule has 0 saturated heterocycles. The van der Waals surface area contributed by atoms with E-state index in [1.165, 1.54) is 0 Å². The molecule has 0 aliphatic rings. The summed E-state index contributed by atoms with van der Waals surface area (Å²) in [5, 5.41) is 3.25. The summed E-state index contributed by atoms with van der Waals surface area (Å²) in [5.41, 5.74) is 3.07. The molecule has 1 N–H and O–H groups in total. The predicted molar refractivity (Wildman–Crippen MR) is 101 cm³/mol. The number of hydrogen-bond acceptors (Lipinski definition) is 3. The highest BCUT2D eigenvalue weighted by molar-refractivity contribution is 9.10. The summed E-state index contributed by atoms with van der Waals surface area (Å²) in [4.78, 5) is 18.4. The largest absolute Gasteiger partial charge is 0.354 e. The molecule has 0 unspecified atom stereocenters. The summed E-state index contributed by atoms with van der Waals surface area (Å²) in [7, 11) is 1.76. The van der Waals surface area contributed by atoms with Gasteiger partial charge in [-0.3, -0.25) is 9.78 Å². The molecule has 0 radical (unpaired) electrons. The molecular weight excluding hydrogens is 366 g/mol. The van der Waals surface area contributed by atoms with Crippen LogP contribution in [0.25, 0.3) is 0 Å². The number of para-hydroxylation sites is 1. The first-order valence-corrected chi connectivity index (χ1v) is 8.23. The Kier molecular flexibility index (Phi) is 4.91. The average Bonchev–Trinajstić information content (AvgIpc) is 2.63. The van der Waals surface area contributed by atoms with Crippen LogP contribution in [0.5, 0.6) is 0 Å². The molecule has 0 saturated carbocycles. The number of carbonyl (C=O) groups is 1. The third kappa shape index (κ3) is 3.81. The zero-order valence-corrected chi connectivity index (χ0v) is 14.7. The standard InChI is InChI=1S/C19H16BrN3O/c1-23(18-5-3-2-4-6-18)19(24)14-11-17(13-21-12-14)22-16-9-7-15(20)8-10-16/h2-13,22H,1H3. The van der Waals surface area contributed by atoms with E-state index in [9.17, 15) is 4.79 Å². The first kappa shape index (κ1) is 16.2. The van der Waals surface area contributed by atoms with Crippen molar-refractivity contribution >= 4 is 38.9 Å². The maximum atomic E-state index is 12.6. The number of rotatable bonds is 4. The minimum absolute atomic E-state index is 0.104. The van der Waals surface area contributed by atoms with Crippen molar-refractivity contribution < 1.29 is 4.79 Å².